The summed E-state index contributed by atoms with van der Waals surface area (Å²) in [5.41, 5.74) is 1.52. The van der Waals surface area contributed by atoms with Crippen LogP contribution in [0.1, 0.15) is 18.4 Å². The number of carbonyl (C=O) groups excluding carboxylic acids is 1. The molecule has 0 saturated carbocycles. The number of carbonyl (C=O) groups is 1. The Bertz CT molecular complexity index is 1110. The molecule has 0 aliphatic carbocycles. The van der Waals surface area contributed by atoms with Gasteiger partial charge in [0.05, 0.1) is 11.7 Å². The molecule has 0 bridgehead atoms. The van der Waals surface area contributed by atoms with E-state index in [9.17, 15) is 13.2 Å². The van der Waals surface area contributed by atoms with E-state index in [0.717, 1.165) is 22.0 Å². The molecule has 1 amide bonds. The topological polar surface area (TPSA) is 66.5 Å². The first-order valence-electron chi connectivity index (χ1n) is 9.83. The summed E-state index contributed by atoms with van der Waals surface area (Å²) < 4.78 is 27.2. The van der Waals surface area contributed by atoms with Crippen LogP contribution >= 0.6 is 0 Å². The summed E-state index contributed by atoms with van der Waals surface area (Å²) >= 11 is 0. The summed E-state index contributed by atoms with van der Waals surface area (Å²) in [4.78, 5) is 12.9. The number of piperidine rings is 1. The van der Waals surface area contributed by atoms with Crippen molar-refractivity contribution in [3.8, 4) is 0 Å². The molecule has 1 aliphatic heterocycles. The third-order valence-electron chi connectivity index (χ3n) is 5.39. The lowest BCUT2D eigenvalue weighted by atomic mass is 9.98. The minimum atomic E-state index is -3.46. The second kappa shape index (κ2) is 8.35. The van der Waals surface area contributed by atoms with Gasteiger partial charge in [0, 0.05) is 24.2 Å². The van der Waals surface area contributed by atoms with E-state index >= 15 is 0 Å². The average Bonchev–Trinajstić information content (AvgIpc) is 2.74. The first kappa shape index (κ1) is 19.6. The molecule has 0 unspecified atom stereocenters. The molecule has 5 nitrogen and oxygen atoms in total. The molecule has 0 radical (unpaired) electrons. The lowest BCUT2D eigenvalue weighted by molar-refractivity contribution is -0.120. The zero-order valence-corrected chi connectivity index (χ0v) is 16.9. The normalized spacial score (nSPS) is 17.9. The van der Waals surface area contributed by atoms with Gasteiger partial charge in [0.15, 0.2) is 0 Å². The number of anilines is 1. The number of hydrogen-bond donors (Lipinski definition) is 1. The van der Waals surface area contributed by atoms with E-state index in [1.807, 2.05) is 72.8 Å². The smallest absolute Gasteiger partial charge is 0.228 e. The fourth-order valence-corrected chi connectivity index (χ4v) is 5.47. The van der Waals surface area contributed by atoms with Crippen LogP contribution < -0.4 is 5.32 Å². The molecule has 1 aliphatic rings. The number of nitrogens with zero attached hydrogens (tertiary/aromatic N) is 1. The molecule has 1 heterocycles. The Morgan fingerprint density at radius 2 is 1.69 bits per heavy atom. The summed E-state index contributed by atoms with van der Waals surface area (Å²) in [6.45, 7) is 0.693. The van der Waals surface area contributed by atoms with Crippen molar-refractivity contribution in [1.29, 1.82) is 0 Å². The van der Waals surface area contributed by atoms with Crippen LogP contribution in [0.3, 0.4) is 0 Å². The van der Waals surface area contributed by atoms with Gasteiger partial charge in [-0.1, -0.05) is 66.7 Å². The minimum Gasteiger partial charge on any atom is -0.325 e. The van der Waals surface area contributed by atoms with Gasteiger partial charge >= 0.3 is 0 Å². The van der Waals surface area contributed by atoms with Crippen LogP contribution in [0.25, 0.3) is 10.8 Å². The second-order valence-electron chi connectivity index (χ2n) is 7.45. The summed E-state index contributed by atoms with van der Waals surface area (Å²) in [5, 5.41) is 5.05. The third kappa shape index (κ3) is 4.49. The van der Waals surface area contributed by atoms with Crippen molar-refractivity contribution in [2.75, 3.05) is 18.4 Å². The van der Waals surface area contributed by atoms with Crippen LogP contribution in [0.5, 0.6) is 0 Å². The van der Waals surface area contributed by atoms with Crippen molar-refractivity contribution < 1.29 is 13.2 Å². The van der Waals surface area contributed by atoms with Gasteiger partial charge in [0.1, 0.15) is 0 Å². The Hall–Kier alpha value is -2.70. The molecule has 6 heteroatoms. The largest absolute Gasteiger partial charge is 0.325 e. The molecule has 29 heavy (non-hydrogen) atoms. The molecule has 1 saturated heterocycles. The highest BCUT2D eigenvalue weighted by Crippen LogP contribution is 2.26. The summed E-state index contributed by atoms with van der Waals surface area (Å²) in [6, 6.07) is 22.8. The molecule has 3 aromatic carbocycles. The van der Waals surface area contributed by atoms with Gasteiger partial charge in [-0.05, 0) is 29.9 Å². The number of nitrogens with one attached hydrogen (secondary N) is 1. The molecule has 0 spiro atoms. The van der Waals surface area contributed by atoms with Crippen LogP contribution in [0.4, 0.5) is 5.69 Å². The molecule has 1 N–H and O–H groups in total. The fourth-order valence-electron chi connectivity index (χ4n) is 3.85. The number of fused-ring (bicyclic) bond motifs is 1. The van der Waals surface area contributed by atoms with Crippen molar-refractivity contribution in [2.45, 2.75) is 18.6 Å². The highest BCUT2D eigenvalue weighted by atomic mass is 32.2. The number of rotatable bonds is 5. The lowest BCUT2D eigenvalue weighted by Crippen LogP contribution is -2.44. The molecule has 4 rings (SSSR count). The highest BCUT2D eigenvalue weighted by Gasteiger charge is 2.32. The Morgan fingerprint density at radius 1 is 0.966 bits per heavy atom. The predicted molar refractivity (Wildman–Crippen MR) is 116 cm³/mol. The second-order valence-corrected chi connectivity index (χ2v) is 9.42. The summed E-state index contributed by atoms with van der Waals surface area (Å²) in [5.74, 6) is -0.514. The van der Waals surface area contributed by atoms with Crippen LogP contribution in [0.15, 0.2) is 72.8 Å². The predicted octanol–water partition coefficient (Wildman–Crippen LogP) is 4.02. The average molecular weight is 409 g/mol. The number of amides is 1. The van der Waals surface area contributed by atoms with Crippen molar-refractivity contribution in [3.63, 3.8) is 0 Å². The molecule has 1 atom stereocenters. The van der Waals surface area contributed by atoms with Gasteiger partial charge in [-0.25, -0.2) is 12.7 Å². The van der Waals surface area contributed by atoms with Gasteiger partial charge in [-0.2, -0.15) is 0 Å². The third-order valence-corrected chi connectivity index (χ3v) is 7.20. The number of hydrogen-bond acceptors (Lipinski definition) is 3. The SMILES string of the molecule is O=C(Nc1cccc2ccccc12)[C@H]1CCCN(S(=O)(=O)Cc2ccccc2)C1. The molecule has 0 aromatic heterocycles. The maximum Gasteiger partial charge on any atom is 0.228 e. The zero-order chi connectivity index (χ0) is 20.3. The van der Waals surface area contributed by atoms with Crippen molar-refractivity contribution in [1.82, 2.24) is 4.31 Å². The van der Waals surface area contributed by atoms with Crippen molar-refractivity contribution in [2.24, 2.45) is 5.92 Å². The van der Waals surface area contributed by atoms with E-state index in [2.05, 4.69) is 5.32 Å². The van der Waals surface area contributed by atoms with Crippen LogP contribution in [0.2, 0.25) is 0 Å². The number of benzene rings is 3. The maximum absolute atomic E-state index is 12.9. The summed E-state index contributed by atoms with van der Waals surface area (Å²) in [6.07, 6.45) is 1.37. The van der Waals surface area contributed by atoms with Crippen LogP contribution in [-0.2, 0) is 20.6 Å². The van der Waals surface area contributed by atoms with Crippen LogP contribution in [0, 0.1) is 5.92 Å². The van der Waals surface area contributed by atoms with Gasteiger partial charge in [-0.15, -0.1) is 0 Å². The van der Waals surface area contributed by atoms with Gasteiger partial charge in [0.25, 0.3) is 0 Å². The fraction of sp³-hybridized carbons (Fsp3) is 0.261. The molecule has 3 aromatic rings. The highest BCUT2D eigenvalue weighted by molar-refractivity contribution is 7.88. The lowest BCUT2D eigenvalue weighted by Gasteiger charge is -2.31. The zero-order valence-electron chi connectivity index (χ0n) is 16.1. The monoisotopic (exact) mass is 408 g/mol. The van der Waals surface area contributed by atoms with E-state index in [1.165, 1.54) is 4.31 Å². The summed E-state index contributed by atoms with van der Waals surface area (Å²) in [7, 11) is -3.46. The molecule has 150 valence electrons. The van der Waals surface area contributed by atoms with E-state index < -0.39 is 10.0 Å². The van der Waals surface area contributed by atoms with Gasteiger partial charge in [0.2, 0.25) is 15.9 Å². The molecular formula is C23H24N2O3S. The van der Waals surface area contributed by atoms with E-state index in [4.69, 9.17) is 0 Å². The Labute approximate surface area is 171 Å². The Balaban J connectivity index is 1.47. The standard InChI is InChI=1S/C23H24N2O3S/c26-23(24-22-14-6-11-19-10-4-5-13-21(19)22)20-12-7-15-25(16-20)29(27,28)17-18-8-2-1-3-9-18/h1-6,8-11,13-14,20H,7,12,15-17H2,(H,24,26)/t20-/m0/s1. The first-order chi connectivity index (χ1) is 14.0. The minimum absolute atomic E-state index is 0.0362. The van der Waals surface area contributed by atoms with E-state index in [-0.39, 0.29) is 24.1 Å². The first-order valence-corrected chi connectivity index (χ1v) is 11.4. The Morgan fingerprint density at radius 3 is 2.52 bits per heavy atom. The van der Waals surface area contributed by atoms with E-state index in [1.54, 1.807) is 0 Å². The molecular weight excluding hydrogens is 384 g/mol. The van der Waals surface area contributed by atoms with E-state index in [0.29, 0.717) is 19.4 Å². The number of sulfonamides is 1. The maximum atomic E-state index is 12.9. The van der Waals surface area contributed by atoms with Crippen LogP contribution in [-0.4, -0.2) is 31.7 Å². The molecule has 1 fully saturated rings. The van der Waals surface area contributed by atoms with Crippen molar-refractivity contribution >= 4 is 32.4 Å². The Kier molecular flexibility index (Phi) is 5.65. The van der Waals surface area contributed by atoms with Crippen molar-refractivity contribution in [3.05, 3.63) is 78.4 Å². The van der Waals surface area contributed by atoms with Gasteiger partial charge < -0.3 is 5.32 Å². The van der Waals surface area contributed by atoms with Gasteiger partial charge in [-0.3, -0.25) is 4.79 Å². The quantitative estimate of drug-likeness (QED) is 0.693.